The van der Waals surface area contributed by atoms with Crippen LogP contribution in [-0.2, 0) is 12.8 Å². The first-order valence-corrected chi connectivity index (χ1v) is 5.16. The van der Waals surface area contributed by atoms with Gasteiger partial charge >= 0.3 is 0 Å². The van der Waals surface area contributed by atoms with E-state index < -0.39 is 0 Å². The van der Waals surface area contributed by atoms with Crippen molar-refractivity contribution in [2.45, 2.75) is 46.5 Å². The van der Waals surface area contributed by atoms with Gasteiger partial charge in [-0.15, -0.1) is 0 Å². The van der Waals surface area contributed by atoms with Crippen LogP contribution in [0.4, 0.5) is 0 Å². The molecule has 1 rings (SSSR count). The Labute approximate surface area is 81.2 Å². The zero-order chi connectivity index (χ0) is 9.84. The molecule has 0 N–H and O–H groups in total. The van der Waals surface area contributed by atoms with Crippen LogP contribution >= 0.6 is 0 Å². The number of aromatic nitrogens is 1. The van der Waals surface area contributed by atoms with Crippen molar-refractivity contribution in [1.82, 2.24) is 4.98 Å². The zero-order valence-corrected chi connectivity index (χ0v) is 9.09. The third kappa shape index (κ3) is 2.30. The molecule has 0 aliphatic carbocycles. The predicted octanol–water partition coefficient (Wildman–Crippen LogP) is 3.33. The molecule has 0 spiro atoms. The molecule has 1 aromatic rings. The van der Waals surface area contributed by atoms with Gasteiger partial charge in [0.25, 0.3) is 0 Å². The van der Waals surface area contributed by atoms with Crippen LogP contribution in [-0.4, -0.2) is 4.98 Å². The van der Waals surface area contributed by atoms with Crippen LogP contribution in [0.5, 0.6) is 0 Å². The first kappa shape index (κ1) is 10.2. The van der Waals surface area contributed by atoms with Crippen LogP contribution in [0.1, 0.15) is 50.4 Å². The maximum atomic E-state index is 4.41. The third-order valence-corrected chi connectivity index (χ3v) is 2.44. The van der Waals surface area contributed by atoms with E-state index in [0.29, 0.717) is 5.92 Å². The van der Waals surface area contributed by atoms with Crippen molar-refractivity contribution in [2.75, 3.05) is 0 Å². The average molecular weight is 177 g/mol. The predicted molar refractivity (Wildman–Crippen MR) is 57.1 cm³/mol. The molecular weight excluding hydrogens is 158 g/mol. The smallest absolute Gasteiger partial charge is 0.0403 e. The topological polar surface area (TPSA) is 12.9 Å². The van der Waals surface area contributed by atoms with Gasteiger partial charge in [-0.3, -0.25) is 4.98 Å². The number of aryl methyl sites for hydroxylation is 2. The number of hydrogen-bond donors (Lipinski definition) is 0. The van der Waals surface area contributed by atoms with Crippen molar-refractivity contribution >= 4 is 0 Å². The Kier molecular flexibility index (Phi) is 3.47. The van der Waals surface area contributed by atoms with E-state index in [1.165, 1.54) is 16.8 Å². The quantitative estimate of drug-likeness (QED) is 0.690. The van der Waals surface area contributed by atoms with Crippen LogP contribution in [0.2, 0.25) is 0 Å². The second-order valence-electron chi connectivity index (χ2n) is 3.74. The van der Waals surface area contributed by atoms with Gasteiger partial charge in [-0.2, -0.15) is 0 Å². The first-order valence-electron chi connectivity index (χ1n) is 5.16. The van der Waals surface area contributed by atoms with E-state index in [9.17, 15) is 0 Å². The fourth-order valence-electron chi connectivity index (χ4n) is 1.57. The molecule has 1 aromatic heterocycles. The molecule has 0 aliphatic rings. The molecule has 0 aromatic carbocycles. The molecule has 1 heterocycles. The number of rotatable bonds is 3. The summed E-state index contributed by atoms with van der Waals surface area (Å²) in [4.78, 5) is 4.41. The van der Waals surface area contributed by atoms with Gasteiger partial charge in [0, 0.05) is 11.9 Å². The molecular formula is C12H19N. The van der Waals surface area contributed by atoms with E-state index >= 15 is 0 Å². The maximum Gasteiger partial charge on any atom is 0.0403 e. The van der Waals surface area contributed by atoms with E-state index in [0.717, 1.165) is 12.8 Å². The van der Waals surface area contributed by atoms with Crippen molar-refractivity contribution in [3.05, 3.63) is 29.1 Å². The number of pyridine rings is 1. The number of hydrogen-bond acceptors (Lipinski definition) is 1. The van der Waals surface area contributed by atoms with Gasteiger partial charge in [0.15, 0.2) is 0 Å². The molecule has 0 fully saturated rings. The molecule has 0 radical (unpaired) electrons. The monoisotopic (exact) mass is 177 g/mol. The third-order valence-electron chi connectivity index (χ3n) is 2.44. The minimum atomic E-state index is 0.614. The summed E-state index contributed by atoms with van der Waals surface area (Å²) in [6.07, 6.45) is 4.16. The summed E-state index contributed by atoms with van der Waals surface area (Å²) < 4.78 is 0. The molecule has 0 unspecified atom stereocenters. The van der Waals surface area contributed by atoms with Crippen molar-refractivity contribution in [3.63, 3.8) is 0 Å². The SMILES string of the molecule is CCc1cc(C(C)C)c(CC)cn1. The van der Waals surface area contributed by atoms with Crippen LogP contribution in [0.3, 0.4) is 0 Å². The van der Waals surface area contributed by atoms with Crippen LogP contribution in [0.15, 0.2) is 12.3 Å². The highest BCUT2D eigenvalue weighted by Gasteiger charge is 2.06. The first-order chi connectivity index (χ1) is 6.19. The minimum absolute atomic E-state index is 0.614. The lowest BCUT2D eigenvalue weighted by molar-refractivity contribution is 0.828. The summed E-state index contributed by atoms with van der Waals surface area (Å²) in [5.74, 6) is 0.614. The molecule has 0 aliphatic heterocycles. The molecule has 0 atom stereocenters. The van der Waals surface area contributed by atoms with Gasteiger partial charge in [0.2, 0.25) is 0 Å². The minimum Gasteiger partial charge on any atom is -0.261 e. The van der Waals surface area contributed by atoms with Gasteiger partial charge in [0.05, 0.1) is 0 Å². The van der Waals surface area contributed by atoms with Gasteiger partial charge in [-0.1, -0.05) is 27.7 Å². The second kappa shape index (κ2) is 4.40. The Bertz CT molecular complexity index is 276. The summed E-state index contributed by atoms with van der Waals surface area (Å²) in [7, 11) is 0. The average Bonchev–Trinajstić information content (AvgIpc) is 2.16. The molecule has 0 saturated heterocycles. The lowest BCUT2D eigenvalue weighted by Crippen LogP contribution is -1.99. The van der Waals surface area contributed by atoms with E-state index in [2.05, 4.69) is 38.7 Å². The molecule has 0 saturated carbocycles. The van der Waals surface area contributed by atoms with Gasteiger partial charge in [-0.05, 0) is 36.0 Å². The normalized spacial score (nSPS) is 10.8. The highest BCUT2D eigenvalue weighted by Crippen LogP contribution is 2.20. The van der Waals surface area contributed by atoms with Gasteiger partial charge < -0.3 is 0 Å². The summed E-state index contributed by atoms with van der Waals surface area (Å²) in [6.45, 7) is 8.83. The summed E-state index contributed by atoms with van der Waals surface area (Å²) >= 11 is 0. The fourth-order valence-corrected chi connectivity index (χ4v) is 1.57. The second-order valence-corrected chi connectivity index (χ2v) is 3.74. The Balaban J connectivity index is 3.10. The molecule has 13 heavy (non-hydrogen) atoms. The van der Waals surface area contributed by atoms with Crippen LogP contribution in [0, 0.1) is 0 Å². The molecule has 0 bridgehead atoms. The highest BCUT2D eigenvalue weighted by molar-refractivity contribution is 5.29. The molecule has 72 valence electrons. The highest BCUT2D eigenvalue weighted by atomic mass is 14.7. The fraction of sp³-hybridized carbons (Fsp3) is 0.583. The maximum absolute atomic E-state index is 4.41. The van der Waals surface area contributed by atoms with E-state index in [4.69, 9.17) is 0 Å². The van der Waals surface area contributed by atoms with E-state index in [1.54, 1.807) is 0 Å². The zero-order valence-electron chi connectivity index (χ0n) is 9.09. The van der Waals surface area contributed by atoms with Crippen molar-refractivity contribution in [2.24, 2.45) is 0 Å². The largest absolute Gasteiger partial charge is 0.261 e. The lowest BCUT2D eigenvalue weighted by atomic mass is 9.96. The Morgan fingerprint density at radius 2 is 1.92 bits per heavy atom. The van der Waals surface area contributed by atoms with Crippen LogP contribution < -0.4 is 0 Å². The summed E-state index contributed by atoms with van der Waals surface area (Å²) in [5, 5.41) is 0. The van der Waals surface area contributed by atoms with E-state index in [-0.39, 0.29) is 0 Å². The molecule has 0 amide bonds. The van der Waals surface area contributed by atoms with Crippen LogP contribution in [0.25, 0.3) is 0 Å². The molecule has 1 nitrogen and oxygen atoms in total. The van der Waals surface area contributed by atoms with Crippen molar-refractivity contribution in [1.29, 1.82) is 0 Å². The number of nitrogens with zero attached hydrogens (tertiary/aromatic N) is 1. The summed E-state index contributed by atoms with van der Waals surface area (Å²) in [6, 6.07) is 2.25. The van der Waals surface area contributed by atoms with Gasteiger partial charge in [-0.25, -0.2) is 0 Å². The van der Waals surface area contributed by atoms with E-state index in [1.807, 2.05) is 6.20 Å². The van der Waals surface area contributed by atoms with Crippen molar-refractivity contribution in [3.8, 4) is 0 Å². The Morgan fingerprint density at radius 1 is 1.23 bits per heavy atom. The lowest BCUT2D eigenvalue weighted by Gasteiger charge is -2.12. The van der Waals surface area contributed by atoms with Gasteiger partial charge in [0.1, 0.15) is 0 Å². The summed E-state index contributed by atoms with van der Waals surface area (Å²) in [5.41, 5.74) is 4.07. The molecule has 1 heteroatoms. The van der Waals surface area contributed by atoms with Crippen molar-refractivity contribution < 1.29 is 0 Å². The standard InChI is InChI=1S/C12H19N/c1-5-10-8-13-11(6-2)7-12(10)9(3)4/h7-9H,5-6H2,1-4H3. The Morgan fingerprint density at radius 3 is 2.38 bits per heavy atom. The Hall–Kier alpha value is -0.850.